The molecule has 3 nitrogen and oxygen atoms in total. The Hall–Kier alpha value is -1.87. The molecular formula is C14H15NO2. The first kappa shape index (κ1) is 11.6. The molecule has 0 fully saturated rings. The standard InChI is InChI=1S/C14H15NO2/c1-9-4-2-7-12-10(5-3-6-11(9)12)8-13(15)14(16)17/h2-7,13H,8,15H2,1H3,(H,16,17)/t13-/m0/s1. The Labute approximate surface area is 99.9 Å². The average Bonchev–Trinajstić information content (AvgIpc) is 2.30. The number of carbonyl (C=O) groups is 1. The maximum Gasteiger partial charge on any atom is 0.320 e. The molecule has 88 valence electrons. The van der Waals surface area contributed by atoms with Crippen molar-refractivity contribution in [3.63, 3.8) is 0 Å². The van der Waals surface area contributed by atoms with E-state index < -0.39 is 12.0 Å². The first-order valence-electron chi connectivity index (χ1n) is 5.55. The fraction of sp³-hybridized carbons (Fsp3) is 0.214. The SMILES string of the molecule is Cc1cccc2c(C[C@H](N)C(=O)O)cccc12. The third-order valence-corrected chi connectivity index (χ3v) is 2.99. The van der Waals surface area contributed by atoms with Crippen molar-refractivity contribution in [2.45, 2.75) is 19.4 Å². The van der Waals surface area contributed by atoms with Crippen molar-refractivity contribution < 1.29 is 9.90 Å². The summed E-state index contributed by atoms with van der Waals surface area (Å²) in [5.41, 5.74) is 7.75. The van der Waals surface area contributed by atoms with Gasteiger partial charge in [-0.05, 0) is 35.2 Å². The zero-order valence-electron chi connectivity index (χ0n) is 9.68. The fourth-order valence-electron chi connectivity index (χ4n) is 2.03. The van der Waals surface area contributed by atoms with Gasteiger partial charge < -0.3 is 10.8 Å². The highest BCUT2D eigenvalue weighted by Crippen LogP contribution is 2.22. The van der Waals surface area contributed by atoms with Gasteiger partial charge in [0.25, 0.3) is 0 Å². The minimum absolute atomic E-state index is 0.357. The maximum absolute atomic E-state index is 10.8. The minimum atomic E-state index is -0.963. The van der Waals surface area contributed by atoms with Crippen molar-refractivity contribution in [2.24, 2.45) is 5.73 Å². The summed E-state index contributed by atoms with van der Waals surface area (Å²) in [7, 11) is 0. The molecule has 0 bridgehead atoms. The topological polar surface area (TPSA) is 63.3 Å². The zero-order chi connectivity index (χ0) is 12.4. The van der Waals surface area contributed by atoms with Crippen LogP contribution in [0.25, 0.3) is 10.8 Å². The number of rotatable bonds is 3. The number of aryl methyl sites for hydroxylation is 1. The number of hydrogen-bond donors (Lipinski definition) is 2. The Kier molecular flexibility index (Phi) is 3.11. The smallest absolute Gasteiger partial charge is 0.320 e. The molecule has 0 aromatic heterocycles. The van der Waals surface area contributed by atoms with Crippen LogP contribution in [0.3, 0.4) is 0 Å². The fourth-order valence-corrected chi connectivity index (χ4v) is 2.03. The molecule has 2 rings (SSSR count). The monoisotopic (exact) mass is 229 g/mol. The van der Waals surface area contributed by atoms with Crippen molar-refractivity contribution in [3.05, 3.63) is 47.5 Å². The van der Waals surface area contributed by atoms with Crippen LogP contribution < -0.4 is 5.73 Å². The van der Waals surface area contributed by atoms with E-state index in [0.717, 1.165) is 16.3 Å². The number of carboxylic acid groups (broad SMARTS) is 1. The van der Waals surface area contributed by atoms with Gasteiger partial charge in [0.2, 0.25) is 0 Å². The number of fused-ring (bicyclic) bond motifs is 1. The van der Waals surface area contributed by atoms with Crippen LogP contribution in [0.15, 0.2) is 36.4 Å². The summed E-state index contributed by atoms with van der Waals surface area (Å²) >= 11 is 0. The quantitative estimate of drug-likeness (QED) is 0.847. The third kappa shape index (κ3) is 2.29. The highest BCUT2D eigenvalue weighted by Gasteiger charge is 2.13. The van der Waals surface area contributed by atoms with Crippen LogP contribution >= 0.6 is 0 Å². The molecule has 0 heterocycles. The van der Waals surface area contributed by atoms with Crippen LogP contribution in [0.2, 0.25) is 0 Å². The normalized spacial score (nSPS) is 12.6. The van der Waals surface area contributed by atoms with E-state index in [4.69, 9.17) is 10.8 Å². The molecule has 0 saturated heterocycles. The highest BCUT2D eigenvalue weighted by molar-refractivity contribution is 5.89. The second-order valence-corrected chi connectivity index (χ2v) is 4.24. The van der Waals surface area contributed by atoms with Gasteiger partial charge in [0, 0.05) is 0 Å². The Morgan fingerprint density at radius 1 is 1.24 bits per heavy atom. The van der Waals surface area contributed by atoms with Crippen molar-refractivity contribution in [3.8, 4) is 0 Å². The van der Waals surface area contributed by atoms with Gasteiger partial charge in [-0.1, -0.05) is 36.4 Å². The van der Waals surface area contributed by atoms with Gasteiger partial charge in [0.15, 0.2) is 0 Å². The number of hydrogen-bond acceptors (Lipinski definition) is 2. The molecule has 0 amide bonds. The average molecular weight is 229 g/mol. The summed E-state index contributed by atoms with van der Waals surface area (Å²) in [5.74, 6) is -0.963. The van der Waals surface area contributed by atoms with E-state index in [0.29, 0.717) is 6.42 Å². The van der Waals surface area contributed by atoms with Crippen LogP contribution in [0.1, 0.15) is 11.1 Å². The first-order chi connectivity index (χ1) is 8.09. The Balaban J connectivity index is 2.48. The van der Waals surface area contributed by atoms with Gasteiger partial charge in [-0.15, -0.1) is 0 Å². The lowest BCUT2D eigenvalue weighted by Gasteiger charge is -2.10. The summed E-state index contributed by atoms with van der Waals surface area (Å²) in [4.78, 5) is 10.8. The summed E-state index contributed by atoms with van der Waals surface area (Å²) in [6, 6.07) is 11.1. The minimum Gasteiger partial charge on any atom is -0.480 e. The number of nitrogens with two attached hydrogens (primary N) is 1. The molecule has 0 aliphatic carbocycles. The van der Waals surface area contributed by atoms with E-state index in [1.165, 1.54) is 5.56 Å². The molecule has 0 saturated carbocycles. The first-order valence-corrected chi connectivity index (χ1v) is 5.55. The second kappa shape index (κ2) is 4.55. The van der Waals surface area contributed by atoms with Gasteiger partial charge in [-0.3, -0.25) is 4.79 Å². The van der Waals surface area contributed by atoms with Crippen LogP contribution in [-0.2, 0) is 11.2 Å². The molecule has 0 aliphatic heterocycles. The van der Waals surface area contributed by atoms with Crippen molar-refractivity contribution in [1.82, 2.24) is 0 Å². The third-order valence-electron chi connectivity index (χ3n) is 2.99. The Bertz CT molecular complexity index is 563. The maximum atomic E-state index is 10.8. The van der Waals surface area contributed by atoms with Gasteiger partial charge >= 0.3 is 5.97 Å². The summed E-state index contributed by atoms with van der Waals surface area (Å²) in [5, 5.41) is 11.1. The van der Waals surface area contributed by atoms with Crippen molar-refractivity contribution >= 4 is 16.7 Å². The number of benzene rings is 2. The van der Waals surface area contributed by atoms with Gasteiger partial charge in [0.1, 0.15) is 6.04 Å². The zero-order valence-corrected chi connectivity index (χ0v) is 9.68. The van der Waals surface area contributed by atoms with Crippen LogP contribution in [-0.4, -0.2) is 17.1 Å². The van der Waals surface area contributed by atoms with E-state index in [-0.39, 0.29) is 0 Å². The predicted octanol–water partition coefficient (Wildman–Crippen LogP) is 2.10. The van der Waals surface area contributed by atoms with Crippen molar-refractivity contribution in [2.75, 3.05) is 0 Å². The molecule has 17 heavy (non-hydrogen) atoms. The second-order valence-electron chi connectivity index (χ2n) is 4.24. The molecular weight excluding hydrogens is 214 g/mol. The van der Waals surface area contributed by atoms with E-state index in [1.54, 1.807) is 0 Å². The lowest BCUT2D eigenvalue weighted by molar-refractivity contribution is -0.138. The van der Waals surface area contributed by atoms with Gasteiger partial charge in [-0.25, -0.2) is 0 Å². The molecule has 2 aromatic rings. The highest BCUT2D eigenvalue weighted by atomic mass is 16.4. The summed E-state index contributed by atoms with van der Waals surface area (Å²) in [6.45, 7) is 2.04. The van der Waals surface area contributed by atoms with Crippen molar-refractivity contribution in [1.29, 1.82) is 0 Å². The van der Waals surface area contributed by atoms with Crippen LogP contribution in [0.4, 0.5) is 0 Å². The van der Waals surface area contributed by atoms with Gasteiger partial charge in [-0.2, -0.15) is 0 Å². The van der Waals surface area contributed by atoms with Crippen LogP contribution in [0.5, 0.6) is 0 Å². The number of aliphatic carboxylic acids is 1. The van der Waals surface area contributed by atoms with Crippen LogP contribution in [0, 0.1) is 6.92 Å². The van der Waals surface area contributed by atoms with E-state index in [1.807, 2.05) is 43.3 Å². The molecule has 3 heteroatoms. The molecule has 0 unspecified atom stereocenters. The largest absolute Gasteiger partial charge is 0.480 e. The Morgan fingerprint density at radius 3 is 2.59 bits per heavy atom. The molecule has 0 radical (unpaired) electrons. The lowest BCUT2D eigenvalue weighted by atomic mass is 9.97. The van der Waals surface area contributed by atoms with E-state index >= 15 is 0 Å². The molecule has 0 aliphatic rings. The Morgan fingerprint density at radius 2 is 1.88 bits per heavy atom. The lowest BCUT2D eigenvalue weighted by Crippen LogP contribution is -2.32. The summed E-state index contributed by atoms with van der Waals surface area (Å²) in [6.07, 6.45) is 0.357. The predicted molar refractivity (Wildman–Crippen MR) is 68.0 cm³/mol. The molecule has 0 spiro atoms. The molecule has 2 aromatic carbocycles. The van der Waals surface area contributed by atoms with Gasteiger partial charge in [0.05, 0.1) is 0 Å². The molecule has 3 N–H and O–H groups in total. The summed E-state index contributed by atoms with van der Waals surface area (Å²) < 4.78 is 0. The van der Waals surface area contributed by atoms with E-state index in [2.05, 4.69) is 0 Å². The van der Waals surface area contributed by atoms with E-state index in [9.17, 15) is 4.79 Å². The molecule has 1 atom stereocenters. The number of carboxylic acids is 1.